The highest BCUT2D eigenvalue weighted by Crippen LogP contribution is 2.31. The molecule has 2 atom stereocenters. The number of imidazole rings is 1. The van der Waals surface area contributed by atoms with Crippen LogP contribution in [-0.4, -0.2) is 57.1 Å². The summed E-state index contributed by atoms with van der Waals surface area (Å²) in [6, 6.07) is 10.9. The number of fused-ring (bicyclic) bond motifs is 2. The van der Waals surface area contributed by atoms with Gasteiger partial charge in [0.05, 0.1) is 5.69 Å². The molecule has 5 heteroatoms. The summed E-state index contributed by atoms with van der Waals surface area (Å²) >= 11 is 0. The molecule has 3 heterocycles. The summed E-state index contributed by atoms with van der Waals surface area (Å²) in [5, 5.41) is 0. The fraction of sp³-hybridized carbons (Fsp3) is 0.412. The zero-order chi connectivity index (χ0) is 15.1. The Morgan fingerprint density at radius 3 is 2.73 bits per heavy atom. The molecule has 0 radical (unpaired) electrons. The van der Waals surface area contributed by atoms with Crippen molar-refractivity contribution in [1.82, 2.24) is 19.4 Å². The van der Waals surface area contributed by atoms with Gasteiger partial charge in [-0.15, -0.1) is 0 Å². The Balaban J connectivity index is 1.52. The standard InChI is InChI=1S/C17H20N4O/c1-2-19-9-15-8-14(19)10-21(15)17(22)20-11-16(18-12-20)13-6-4-3-5-7-13/h3-7,11-12,14-15H,2,8-10H2,1H3/t14-,15-/m0/s1. The third-order valence-corrected chi connectivity index (χ3v) is 4.88. The van der Waals surface area contributed by atoms with Crippen molar-refractivity contribution in [1.29, 1.82) is 0 Å². The number of benzene rings is 1. The van der Waals surface area contributed by atoms with Crippen molar-refractivity contribution in [2.45, 2.75) is 25.4 Å². The molecule has 114 valence electrons. The molecule has 2 bridgehead atoms. The van der Waals surface area contributed by atoms with Gasteiger partial charge in [-0.3, -0.25) is 9.47 Å². The molecule has 1 amide bonds. The summed E-state index contributed by atoms with van der Waals surface area (Å²) in [7, 11) is 0. The molecule has 2 saturated heterocycles. The monoisotopic (exact) mass is 296 g/mol. The first-order valence-electron chi connectivity index (χ1n) is 7.90. The normalized spacial score (nSPS) is 24.1. The Hall–Kier alpha value is -2.14. The second-order valence-corrected chi connectivity index (χ2v) is 6.10. The zero-order valence-electron chi connectivity index (χ0n) is 12.7. The van der Waals surface area contributed by atoms with Crippen LogP contribution in [0.5, 0.6) is 0 Å². The lowest BCUT2D eigenvalue weighted by atomic mass is 10.2. The van der Waals surface area contributed by atoms with Crippen molar-refractivity contribution in [3.63, 3.8) is 0 Å². The molecule has 0 aliphatic carbocycles. The van der Waals surface area contributed by atoms with Crippen LogP contribution in [0.4, 0.5) is 4.79 Å². The zero-order valence-corrected chi connectivity index (χ0v) is 12.7. The van der Waals surface area contributed by atoms with Crippen molar-refractivity contribution in [2.75, 3.05) is 19.6 Å². The van der Waals surface area contributed by atoms with Crippen LogP contribution < -0.4 is 0 Å². The average Bonchev–Trinajstić information content (AvgIpc) is 3.29. The van der Waals surface area contributed by atoms with Gasteiger partial charge in [0.25, 0.3) is 0 Å². The number of hydrogen-bond donors (Lipinski definition) is 0. The average molecular weight is 296 g/mol. The van der Waals surface area contributed by atoms with Gasteiger partial charge in [0.15, 0.2) is 0 Å². The van der Waals surface area contributed by atoms with Gasteiger partial charge in [-0.05, 0) is 13.0 Å². The molecule has 2 aliphatic heterocycles. The van der Waals surface area contributed by atoms with Gasteiger partial charge in [0.1, 0.15) is 6.33 Å². The lowest BCUT2D eigenvalue weighted by Gasteiger charge is -2.33. The largest absolute Gasteiger partial charge is 0.329 e. The SMILES string of the molecule is CCN1C[C@@H]2C[C@H]1CN2C(=O)n1cnc(-c2ccccc2)c1. The number of piperazine rings is 1. The van der Waals surface area contributed by atoms with E-state index in [-0.39, 0.29) is 6.03 Å². The van der Waals surface area contributed by atoms with E-state index in [1.807, 2.05) is 41.4 Å². The minimum atomic E-state index is 0.0536. The molecule has 0 spiro atoms. The van der Waals surface area contributed by atoms with Gasteiger partial charge in [-0.25, -0.2) is 9.78 Å². The first-order chi connectivity index (χ1) is 10.8. The molecule has 1 aromatic heterocycles. The molecule has 0 unspecified atom stereocenters. The van der Waals surface area contributed by atoms with E-state index in [2.05, 4.69) is 16.8 Å². The number of aromatic nitrogens is 2. The highest BCUT2D eigenvalue weighted by Gasteiger charge is 2.44. The fourth-order valence-electron chi connectivity index (χ4n) is 3.70. The van der Waals surface area contributed by atoms with E-state index in [9.17, 15) is 4.79 Å². The lowest BCUT2D eigenvalue weighted by Crippen LogP contribution is -2.49. The van der Waals surface area contributed by atoms with Crippen LogP contribution in [0.2, 0.25) is 0 Å². The first kappa shape index (κ1) is 13.5. The van der Waals surface area contributed by atoms with Gasteiger partial charge < -0.3 is 4.90 Å². The van der Waals surface area contributed by atoms with Crippen molar-refractivity contribution in [3.8, 4) is 11.3 Å². The van der Waals surface area contributed by atoms with E-state index in [0.717, 1.165) is 37.3 Å². The Morgan fingerprint density at radius 2 is 2.05 bits per heavy atom. The maximum absolute atomic E-state index is 12.7. The Labute approximate surface area is 130 Å². The van der Waals surface area contributed by atoms with Gasteiger partial charge in [-0.1, -0.05) is 37.3 Å². The number of carbonyl (C=O) groups excluding carboxylic acids is 1. The van der Waals surface area contributed by atoms with Crippen LogP contribution in [0, 0.1) is 0 Å². The smallest absolute Gasteiger partial charge is 0.318 e. The minimum Gasteiger partial charge on any atom is -0.318 e. The first-order valence-corrected chi connectivity index (χ1v) is 7.90. The molecule has 5 nitrogen and oxygen atoms in total. The molecular formula is C17H20N4O. The summed E-state index contributed by atoms with van der Waals surface area (Å²) in [6.07, 6.45) is 4.58. The number of amides is 1. The van der Waals surface area contributed by atoms with E-state index in [4.69, 9.17) is 0 Å². The third kappa shape index (κ3) is 2.13. The lowest BCUT2D eigenvalue weighted by molar-refractivity contribution is 0.141. The summed E-state index contributed by atoms with van der Waals surface area (Å²) in [6.45, 7) is 5.12. The van der Waals surface area contributed by atoms with Crippen LogP contribution in [-0.2, 0) is 0 Å². The molecule has 4 rings (SSSR count). The van der Waals surface area contributed by atoms with Crippen molar-refractivity contribution in [3.05, 3.63) is 42.9 Å². The van der Waals surface area contributed by atoms with Gasteiger partial charge in [-0.2, -0.15) is 0 Å². The predicted molar refractivity (Wildman–Crippen MR) is 84.6 cm³/mol. The van der Waals surface area contributed by atoms with Crippen LogP contribution in [0.25, 0.3) is 11.3 Å². The van der Waals surface area contributed by atoms with Crippen LogP contribution in [0.3, 0.4) is 0 Å². The van der Waals surface area contributed by atoms with Crippen molar-refractivity contribution in [2.24, 2.45) is 0 Å². The van der Waals surface area contributed by atoms with Crippen LogP contribution >= 0.6 is 0 Å². The predicted octanol–water partition coefficient (Wildman–Crippen LogP) is 2.30. The number of likely N-dealkylation sites (tertiary alicyclic amines) is 2. The van der Waals surface area contributed by atoms with E-state index >= 15 is 0 Å². The highest BCUT2D eigenvalue weighted by atomic mass is 16.2. The van der Waals surface area contributed by atoms with Crippen LogP contribution in [0.15, 0.2) is 42.9 Å². The molecule has 22 heavy (non-hydrogen) atoms. The fourth-order valence-corrected chi connectivity index (χ4v) is 3.70. The van der Waals surface area contributed by atoms with Gasteiger partial charge in [0, 0.05) is 36.9 Å². The minimum absolute atomic E-state index is 0.0536. The molecular weight excluding hydrogens is 276 g/mol. The molecule has 2 fully saturated rings. The second kappa shape index (κ2) is 5.25. The number of nitrogens with zero attached hydrogens (tertiary/aromatic N) is 4. The maximum Gasteiger partial charge on any atom is 0.329 e. The Bertz CT molecular complexity index is 681. The van der Waals surface area contributed by atoms with Crippen molar-refractivity contribution >= 4 is 6.03 Å². The van der Waals surface area contributed by atoms with E-state index in [1.54, 1.807) is 10.9 Å². The molecule has 0 saturated carbocycles. The van der Waals surface area contributed by atoms with Gasteiger partial charge in [0.2, 0.25) is 0 Å². The third-order valence-electron chi connectivity index (χ3n) is 4.88. The van der Waals surface area contributed by atoms with Crippen LogP contribution in [0.1, 0.15) is 13.3 Å². The van der Waals surface area contributed by atoms with Gasteiger partial charge >= 0.3 is 6.03 Å². The maximum atomic E-state index is 12.7. The highest BCUT2D eigenvalue weighted by molar-refractivity contribution is 5.79. The Kier molecular flexibility index (Phi) is 3.22. The second-order valence-electron chi connectivity index (χ2n) is 6.10. The molecule has 1 aromatic carbocycles. The van der Waals surface area contributed by atoms with E-state index < -0.39 is 0 Å². The number of likely N-dealkylation sites (N-methyl/N-ethyl adjacent to an activating group) is 1. The van der Waals surface area contributed by atoms with Crippen molar-refractivity contribution < 1.29 is 4.79 Å². The summed E-state index contributed by atoms with van der Waals surface area (Å²) < 4.78 is 1.62. The number of hydrogen-bond acceptors (Lipinski definition) is 3. The summed E-state index contributed by atoms with van der Waals surface area (Å²) in [4.78, 5) is 21.6. The quantitative estimate of drug-likeness (QED) is 0.854. The summed E-state index contributed by atoms with van der Waals surface area (Å²) in [5.74, 6) is 0. The number of carbonyl (C=O) groups is 1. The Morgan fingerprint density at radius 1 is 1.23 bits per heavy atom. The van der Waals surface area contributed by atoms with E-state index in [1.165, 1.54) is 0 Å². The molecule has 2 aromatic rings. The number of rotatable bonds is 2. The van der Waals surface area contributed by atoms with E-state index in [0.29, 0.717) is 12.1 Å². The molecule has 2 aliphatic rings. The topological polar surface area (TPSA) is 41.4 Å². The summed E-state index contributed by atoms with van der Waals surface area (Å²) in [5.41, 5.74) is 1.88. The molecule has 0 N–H and O–H groups in total.